The third kappa shape index (κ3) is 3.78. The zero-order valence-corrected chi connectivity index (χ0v) is 12.7. The summed E-state index contributed by atoms with van der Waals surface area (Å²) in [7, 11) is 0. The van der Waals surface area contributed by atoms with Gasteiger partial charge in [0, 0.05) is 23.1 Å². The minimum atomic E-state index is -0.417. The number of aromatic nitrogens is 1. The van der Waals surface area contributed by atoms with Crippen molar-refractivity contribution in [2.45, 2.75) is 0 Å². The Kier molecular flexibility index (Phi) is 4.39. The number of hydrogen-bond donors (Lipinski definition) is 1. The van der Waals surface area contributed by atoms with Gasteiger partial charge in [-0.2, -0.15) is 5.10 Å². The number of hydrazone groups is 1. The van der Waals surface area contributed by atoms with Gasteiger partial charge in [0.05, 0.1) is 16.8 Å². The second-order valence-corrected chi connectivity index (χ2v) is 5.48. The molecule has 0 radical (unpaired) electrons. The molecule has 0 fully saturated rings. The van der Waals surface area contributed by atoms with Crippen LogP contribution in [0.4, 0.5) is 10.8 Å². The third-order valence-electron chi connectivity index (χ3n) is 3.03. The van der Waals surface area contributed by atoms with Crippen molar-refractivity contribution in [1.82, 2.24) is 4.98 Å². The van der Waals surface area contributed by atoms with Gasteiger partial charge in [-0.3, -0.25) is 15.5 Å². The Labute approximate surface area is 136 Å². The van der Waals surface area contributed by atoms with E-state index in [0.29, 0.717) is 16.4 Å². The minimum Gasteiger partial charge on any atom is -0.258 e. The lowest BCUT2D eigenvalue weighted by atomic mass is 10.1. The highest BCUT2D eigenvalue weighted by molar-refractivity contribution is 7.14. The van der Waals surface area contributed by atoms with Crippen LogP contribution in [0.3, 0.4) is 0 Å². The first-order valence-corrected chi connectivity index (χ1v) is 7.65. The zero-order valence-electron chi connectivity index (χ0n) is 11.9. The summed E-state index contributed by atoms with van der Waals surface area (Å²) < 4.78 is 0. The van der Waals surface area contributed by atoms with E-state index in [-0.39, 0.29) is 5.69 Å². The molecule has 0 aliphatic heterocycles. The van der Waals surface area contributed by atoms with Gasteiger partial charge in [0.25, 0.3) is 5.69 Å². The fourth-order valence-electron chi connectivity index (χ4n) is 1.94. The lowest BCUT2D eigenvalue weighted by molar-refractivity contribution is -0.384. The monoisotopic (exact) mass is 324 g/mol. The van der Waals surface area contributed by atoms with Gasteiger partial charge in [0.15, 0.2) is 0 Å². The molecule has 0 aliphatic carbocycles. The number of anilines is 1. The first-order valence-electron chi connectivity index (χ1n) is 6.77. The van der Waals surface area contributed by atoms with Crippen molar-refractivity contribution >= 4 is 28.4 Å². The normalized spacial score (nSPS) is 10.8. The molecule has 3 aromatic rings. The number of benzene rings is 2. The average molecular weight is 324 g/mol. The largest absolute Gasteiger partial charge is 0.270 e. The first-order chi connectivity index (χ1) is 11.2. The predicted octanol–water partition coefficient (Wildman–Crippen LogP) is 4.16. The molecule has 1 aromatic heterocycles. The van der Waals surface area contributed by atoms with Gasteiger partial charge in [-0.1, -0.05) is 42.5 Å². The summed E-state index contributed by atoms with van der Waals surface area (Å²) in [5.74, 6) is 0. The van der Waals surface area contributed by atoms with Crippen LogP contribution >= 0.6 is 11.3 Å². The second-order valence-electron chi connectivity index (χ2n) is 4.63. The molecular formula is C16H12N4O2S. The first kappa shape index (κ1) is 14.9. The summed E-state index contributed by atoms with van der Waals surface area (Å²) >= 11 is 1.39. The van der Waals surface area contributed by atoms with Crippen LogP contribution < -0.4 is 5.43 Å². The molecule has 0 bridgehead atoms. The Morgan fingerprint density at radius 3 is 2.78 bits per heavy atom. The molecule has 0 unspecified atom stereocenters. The second kappa shape index (κ2) is 6.80. The van der Waals surface area contributed by atoms with Gasteiger partial charge in [-0.25, -0.2) is 4.98 Å². The molecule has 2 aromatic carbocycles. The Balaban J connectivity index is 1.72. The highest BCUT2D eigenvalue weighted by atomic mass is 32.1. The lowest BCUT2D eigenvalue weighted by Gasteiger charge is -1.97. The van der Waals surface area contributed by atoms with Crippen LogP contribution in [0.15, 0.2) is 65.1 Å². The van der Waals surface area contributed by atoms with Gasteiger partial charge < -0.3 is 0 Å². The molecule has 0 saturated carbocycles. The molecule has 114 valence electrons. The Morgan fingerprint density at radius 2 is 2.00 bits per heavy atom. The van der Waals surface area contributed by atoms with E-state index >= 15 is 0 Å². The van der Waals surface area contributed by atoms with Crippen molar-refractivity contribution in [3.8, 4) is 11.3 Å². The van der Waals surface area contributed by atoms with Crippen molar-refractivity contribution in [2.24, 2.45) is 5.10 Å². The fourth-order valence-corrected chi connectivity index (χ4v) is 2.61. The van der Waals surface area contributed by atoms with Crippen LogP contribution in [-0.2, 0) is 0 Å². The third-order valence-corrected chi connectivity index (χ3v) is 3.78. The SMILES string of the molecule is O=[N+]([O-])c1cccc(-c2csc(N/N=C/c3ccccc3)n2)c1. The van der Waals surface area contributed by atoms with Gasteiger partial charge in [0.2, 0.25) is 5.13 Å². The molecule has 0 atom stereocenters. The molecule has 3 rings (SSSR count). The number of nitrogens with one attached hydrogen (secondary N) is 1. The molecule has 0 spiro atoms. The minimum absolute atomic E-state index is 0.0482. The van der Waals surface area contributed by atoms with Gasteiger partial charge >= 0.3 is 0 Å². The van der Waals surface area contributed by atoms with Crippen molar-refractivity contribution in [3.05, 3.63) is 75.7 Å². The highest BCUT2D eigenvalue weighted by Gasteiger charge is 2.09. The maximum absolute atomic E-state index is 10.8. The van der Waals surface area contributed by atoms with Gasteiger partial charge in [-0.05, 0) is 5.56 Å². The maximum atomic E-state index is 10.8. The molecule has 1 heterocycles. The van der Waals surface area contributed by atoms with Gasteiger partial charge in [0.1, 0.15) is 0 Å². The van der Waals surface area contributed by atoms with Crippen molar-refractivity contribution in [2.75, 3.05) is 5.43 Å². The van der Waals surface area contributed by atoms with E-state index in [1.54, 1.807) is 18.3 Å². The molecule has 6 nitrogen and oxygen atoms in total. The van der Waals surface area contributed by atoms with E-state index in [1.165, 1.54) is 23.5 Å². The zero-order chi connectivity index (χ0) is 16.1. The van der Waals surface area contributed by atoms with Crippen molar-refractivity contribution < 1.29 is 4.92 Å². The van der Waals surface area contributed by atoms with Crippen molar-refractivity contribution in [3.63, 3.8) is 0 Å². The summed E-state index contributed by atoms with van der Waals surface area (Å²) in [6, 6.07) is 16.1. The molecule has 0 saturated heterocycles. The van der Waals surface area contributed by atoms with E-state index in [9.17, 15) is 10.1 Å². The van der Waals surface area contributed by atoms with Crippen molar-refractivity contribution in [1.29, 1.82) is 0 Å². The number of nitro benzene ring substituents is 1. The summed E-state index contributed by atoms with van der Waals surface area (Å²) in [6.45, 7) is 0. The quantitative estimate of drug-likeness (QED) is 0.434. The van der Waals surface area contributed by atoms with E-state index in [1.807, 2.05) is 35.7 Å². The molecular weight excluding hydrogens is 312 g/mol. The predicted molar refractivity (Wildman–Crippen MR) is 91.9 cm³/mol. The van der Waals surface area contributed by atoms with Crippen LogP contribution in [0.5, 0.6) is 0 Å². The summed E-state index contributed by atoms with van der Waals surface area (Å²) in [4.78, 5) is 14.8. The molecule has 1 N–H and O–H groups in total. The Hall–Kier alpha value is -3.06. The Bertz CT molecular complexity index is 846. The fraction of sp³-hybridized carbons (Fsp3) is 0. The summed E-state index contributed by atoms with van der Waals surface area (Å²) in [5, 5.41) is 17.4. The van der Waals surface area contributed by atoms with Crippen LogP contribution in [0.25, 0.3) is 11.3 Å². The number of rotatable bonds is 5. The molecule has 23 heavy (non-hydrogen) atoms. The molecule has 0 aliphatic rings. The average Bonchev–Trinajstić information content (AvgIpc) is 3.05. The summed E-state index contributed by atoms with van der Waals surface area (Å²) in [5.41, 5.74) is 5.27. The summed E-state index contributed by atoms with van der Waals surface area (Å²) in [6.07, 6.45) is 1.70. The lowest BCUT2D eigenvalue weighted by Crippen LogP contribution is -1.90. The van der Waals surface area contributed by atoms with Crippen LogP contribution in [0.1, 0.15) is 5.56 Å². The number of nitro groups is 1. The van der Waals surface area contributed by atoms with Crippen LogP contribution in [-0.4, -0.2) is 16.1 Å². The Morgan fingerprint density at radius 1 is 1.17 bits per heavy atom. The number of non-ortho nitro benzene ring substituents is 1. The van der Waals surface area contributed by atoms with Crippen LogP contribution in [0, 0.1) is 10.1 Å². The smallest absolute Gasteiger partial charge is 0.258 e. The highest BCUT2D eigenvalue weighted by Crippen LogP contribution is 2.27. The van der Waals surface area contributed by atoms with Crippen LogP contribution in [0.2, 0.25) is 0 Å². The number of nitrogens with zero attached hydrogens (tertiary/aromatic N) is 3. The molecule has 0 amide bonds. The van der Waals surface area contributed by atoms with E-state index in [2.05, 4.69) is 15.5 Å². The number of hydrogen-bond acceptors (Lipinski definition) is 6. The van der Waals surface area contributed by atoms with Gasteiger partial charge in [-0.15, -0.1) is 11.3 Å². The van der Waals surface area contributed by atoms with E-state index in [4.69, 9.17) is 0 Å². The topological polar surface area (TPSA) is 80.4 Å². The standard InChI is InChI=1S/C16H12N4O2S/c21-20(22)14-8-4-7-13(9-14)15-11-23-16(18-15)19-17-10-12-5-2-1-3-6-12/h1-11H,(H,18,19)/b17-10+. The van der Waals surface area contributed by atoms with E-state index < -0.39 is 4.92 Å². The van der Waals surface area contributed by atoms with E-state index in [0.717, 1.165) is 5.56 Å². The number of thiazole rings is 1. The molecule has 7 heteroatoms. The maximum Gasteiger partial charge on any atom is 0.270 e.